The molecule has 3 aromatic rings. The average molecular weight is 622 g/mol. The van der Waals surface area contributed by atoms with Crippen molar-refractivity contribution in [3.05, 3.63) is 98.5 Å². The number of hydrogen-bond donors (Lipinski definition) is 1. The van der Waals surface area contributed by atoms with E-state index in [0.29, 0.717) is 17.1 Å². The zero-order valence-corrected chi connectivity index (χ0v) is 24.8. The molecule has 3 rings (SSSR count). The molecule has 1 atom stereocenters. The highest BCUT2D eigenvalue weighted by Gasteiger charge is 2.33. The predicted molar refractivity (Wildman–Crippen MR) is 158 cm³/mol. The van der Waals surface area contributed by atoms with Gasteiger partial charge >= 0.3 is 0 Å². The number of carbonyl (C=O) groups is 2. The van der Waals surface area contributed by atoms with Crippen molar-refractivity contribution >= 4 is 56.4 Å². The van der Waals surface area contributed by atoms with Gasteiger partial charge in [0.15, 0.2) is 0 Å². The van der Waals surface area contributed by atoms with Crippen LogP contribution < -0.4 is 9.62 Å². The molecule has 1 unspecified atom stereocenters. The molecule has 0 aliphatic rings. The van der Waals surface area contributed by atoms with Gasteiger partial charge in [-0.3, -0.25) is 24.0 Å². The lowest BCUT2D eigenvalue weighted by Crippen LogP contribution is -2.51. The first-order chi connectivity index (χ1) is 19.4. The van der Waals surface area contributed by atoms with Crippen LogP contribution >= 0.6 is 23.2 Å². The largest absolute Gasteiger partial charge is 0.354 e. The van der Waals surface area contributed by atoms with Crippen molar-refractivity contribution in [1.29, 1.82) is 0 Å². The first kappa shape index (κ1) is 31.9. The molecule has 0 radical (unpaired) electrons. The fourth-order valence-corrected chi connectivity index (χ4v) is 5.71. The van der Waals surface area contributed by atoms with E-state index in [-0.39, 0.29) is 27.8 Å². The molecule has 0 heterocycles. The molecule has 10 nitrogen and oxygen atoms in total. The van der Waals surface area contributed by atoms with Crippen molar-refractivity contribution in [2.75, 3.05) is 17.4 Å². The number of nitrogens with zero attached hydrogens (tertiary/aromatic N) is 3. The van der Waals surface area contributed by atoms with Crippen LogP contribution in [0.2, 0.25) is 10.0 Å². The van der Waals surface area contributed by atoms with Gasteiger partial charge in [0.25, 0.3) is 15.7 Å². The van der Waals surface area contributed by atoms with Crippen molar-refractivity contribution in [3.8, 4) is 0 Å². The highest BCUT2D eigenvalue weighted by Crippen LogP contribution is 2.28. The molecular weight excluding hydrogens is 591 g/mol. The van der Waals surface area contributed by atoms with Crippen molar-refractivity contribution < 1.29 is 22.9 Å². The predicted octanol–water partition coefficient (Wildman–Crippen LogP) is 5.43. The standard InChI is InChI=1S/C28H30Cl2N4O6S/c1-3-4-15-31-28(36)20(2)32(18-21-13-14-25(29)26(30)16-21)27(35)19-33(22-9-8-10-23(17-22)34(37)38)41(39,40)24-11-6-5-7-12-24/h5-14,16-17,20H,3-4,15,18-19H2,1-2H3,(H,31,36). The van der Waals surface area contributed by atoms with E-state index < -0.39 is 39.3 Å². The maximum absolute atomic E-state index is 13.9. The third-order valence-corrected chi connectivity index (χ3v) is 8.80. The maximum Gasteiger partial charge on any atom is 0.271 e. The Balaban J connectivity index is 2.04. The Labute approximate surface area is 249 Å². The highest BCUT2D eigenvalue weighted by molar-refractivity contribution is 7.92. The summed E-state index contributed by atoms with van der Waals surface area (Å²) < 4.78 is 28.3. The van der Waals surface area contributed by atoms with E-state index in [1.54, 1.807) is 31.2 Å². The molecule has 0 fully saturated rings. The van der Waals surface area contributed by atoms with Crippen LogP contribution in [0, 0.1) is 10.1 Å². The summed E-state index contributed by atoms with van der Waals surface area (Å²) in [5, 5.41) is 14.8. The van der Waals surface area contributed by atoms with Gasteiger partial charge in [-0.25, -0.2) is 8.42 Å². The smallest absolute Gasteiger partial charge is 0.271 e. The van der Waals surface area contributed by atoms with Crippen molar-refractivity contribution in [3.63, 3.8) is 0 Å². The average Bonchev–Trinajstić information content (AvgIpc) is 2.96. The van der Waals surface area contributed by atoms with Crippen LogP contribution in [0.3, 0.4) is 0 Å². The number of amides is 2. The number of carbonyl (C=O) groups excluding carboxylic acids is 2. The second-order valence-corrected chi connectivity index (χ2v) is 11.9. The molecule has 0 aliphatic heterocycles. The number of benzene rings is 3. The van der Waals surface area contributed by atoms with Crippen LogP contribution in [0.5, 0.6) is 0 Å². The number of unbranched alkanes of at least 4 members (excludes halogenated alkanes) is 1. The molecule has 0 saturated heterocycles. The summed E-state index contributed by atoms with van der Waals surface area (Å²) in [4.78, 5) is 38.8. The lowest BCUT2D eigenvalue weighted by atomic mass is 10.1. The number of nitro benzene ring substituents is 1. The summed E-state index contributed by atoms with van der Waals surface area (Å²) >= 11 is 12.2. The Bertz CT molecular complexity index is 1500. The quantitative estimate of drug-likeness (QED) is 0.154. The van der Waals surface area contributed by atoms with E-state index in [1.165, 1.54) is 47.4 Å². The van der Waals surface area contributed by atoms with Crippen LogP contribution in [0.15, 0.2) is 77.7 Å². The molecule has 0 bridgehead atoms. The van der Waals surface area contributed by atoms with Gasteiger partial charge in [0.2, 0.25) is 11.8 Å². The Morgan fingerprint density at radius 2 is 1.71 bits per heavy atom. The molecule has 13 heteroatoms. The first-order valence-corrected chi connectivity index (χ1v) is 15.0. The van der Waals surface area contributed by atoms with Gasteiger partial charge in [0.05, 0.1) is 25.6 Å². The second kappa shape index (κ2) is 14.3. The van der Waals surface area contributed by atoms with E-state index in [2.05, 4.69) is 5.32 Å². The minimum atomic E-state index is -4.35. The third-order valence-electron chi connectivity index (χ3n) is 6.27. The molecule has 218 valence electrons. The molecule has 3 aromatic carbocycles. The summed E-state index contributed by atoms with van der Waals surface area (Å²) in [5.74, 6) is -1.13. The van der Waals surface area contributed by atoms with Crippen molar-refractivity contribution in [2.45, 2.75) is 44.2 Å². The van der Waals surface area contributed by atoms with Gasteiger partial charge in [0.1, 0.15) is 12.6 Å². The van der Waals surface area contributed by atoms with Crippen molar-refractivity contribution in [2.24, 2.45) is 0 Å². The number of anilines is 1. The molecule has 0 aromatic heterocycles. The number of nitrogens with one attached hydrogen (secondary N) is 1. The van der Waals surface area contributed by atoms with Crippen LogP contribution in [0.25, 0.3) is 0 Å². The molecule has 1 N–H and O–H groups in total. The Morgan fingerprint density at radius 1 is 1.00 bits per heavy atom. The lowest BCUT2D eigenvalue weighted by molar-refractivity contribution is -0.384. The Hall–Kier alpha value is -3.67. The van der Waals surface area contributed by atoms with Gasteiger partial charge in [0, 0.05) is 25.2 Å². The number of sulfonamides is 1. The van der Waals surface area contributed by atoms with Gasteiger partial charge in [-0.2, -0.15) is 0 Å². The minimum Gasteiger partial charge on any atom is -0.354 e. The van der Waals surface area contributed by atoms with Crippen LogP contribution in [-0.2, 0) is 26.2 Å². The number of hydrogen-bond acceptors (Lipinski definition) is 6. The lowest BCUT2D eigenvalue weighted by Gasteiger charge is -2.32. The van der Waals surface area contributed by atoms with E-state index in [1.807, 2.05) is 6.92 Å². The minimum absolute atomic E-state index is 0.0771. The van der Waals surface area contributed by atoms with Crippen LogP contribution in [0.1, 0.15) is 32.3 Å². The van der Waals surface area contributed by atoms with E-state index in [9.17, 15) is 28.1 Å². The fraction of sp³-hybridized carbons (Fsp3) is 0.286. The molecule has 0 saturated carbocycles. The summed E-state index contributed by atoms with van der Waals surface area (Å²) in [7, 11) is -4.35. The number of non-ortho nitro benzene ring substituents is 1. The summed E-state index contributed by atoms with van der Waals surface area (Å²) in [6.07, 6.45) is 1.60. The van der Waals surface area contributed by atoms with E-state index >= 15 is 0 Å². The van der Waals surface area contributed by atoms with Gasteiger partial charge in [-0.15, -0.1) is 0 Å². The van der Waals surface area contributed by atoms with Crippen LogP contribution in [-0.4, -0.2) is 49.2 Å². The molecule has 0 aliphatic carbocycles. The number of rotatable bonds is 13. The third kappa shape index (κ3) is 8.18. The maximum atomic E-state index is 13.9. The highest BCUT2D eigenvalue weighted by atomic mass is 35.5. The number of halogens is 2. The van der Waals surface area contributed by atoms with Gasteiger partial charge in [-0.1, -0.05) is 66.9 Å². The Morgan fingerprint density at radius 3 is 2.34 bits per heavy atom. The molecule has 41 heavy (non-hydrogen) atoms. The summed E-state index contributed by atoms with van der Waals surface area (Å²) in [6.45, 7) is 3.13. The molecule has 2 amide bonds. The van der Waals surface area contributed by atoms with Crippen molar-refractivity contribution in [1.82, 2.24) is 10.2 Å². The molecular formula is C28H30Cl2N4O6S. The molecule has 0 spiro atoms. The summed E-state index contributed by atoms with van der Waals surface area (Å²) in [6, 6.07) is 16.2. The topological polar surface area (TPSA) is 130 Å². The van der Waals surface area contributed by atoms with Gasteiger partial charge in [-0.05, 0) is 49.2 Å². The van der Waals surface area contributed by atoms with E-state index in [4.69, 9.17) is 23.2 Å². The number of nitro groups is 1. The first-order valence-electron chi connectivity index (χ1n) is 12.8. The zero-order chi connectivity index (χ0) is 30.2. The monoisotopic (exact) mass is 620 g/mol. The normalized spacial score (nSPS) is 11.9. The summed E-state index contributed by atoms with van der Waals surface area (Å²) in [5.41, 5.74) is 0.138. The fourth-order valence-electron chi connectivity index (χ4n) is 3.96. The second-order valence-electron chi connectivity index (χ2n) is 9.19. The zero-order valence-electron chi connectivity index (χ0n) is 22.5. The van der Waals surface area contributed by atoms with Gasteiger partial charge < -0.3 is 10.2 Å². The SMILES string of the molecule is CCCCNC(=O)C(C)N(Cc1ccc(Cl)c(Cl)c1)C(=O)CN(c1cccc([N+](=O)[O-])c1)S(=O)(=O)c1ccccc1. The van der Waals surface area contributed by atoms with Crippen LogP contribution in [0.4, 0.5) is 11.4 Å². The Kier molecular flexibility index (Phi) is 11.1. The van der Waals surface area contributed by atoms with E-state index in [0.717, 1.165) is 23.2 Å².